The van der Waals surface area contributed by atoms with E-state index < -0.39 is 5.41 Å². The summed E-state index contributed by atoms with van der Waals surface area (Å²) >= 11 is 0. The standard InChI is InChI=1S/C27H24N2O5/c1-16(2)17-7-9-18(10-8-17)28-25(30)13-29-21-6-4-3-5-19(21)27(26(29)31)14-32-22-12-24-23(11-20(22)27)33-15-34-24/h3-12,16H,13-15H2,1-2H3,(H,28,30). The Kier molecular flexibility index (Phi) is 4.55. The van der Waals surface area contributed by atoms with E-state index in [0.717, 1.165) is 11.1 Å². The van der Waals surface area contributed by atoms with Gasteiger partial charge in [0.1, 0.15) is 24.3 Å². The van der Waals surface area contributed by atoms with Crippen LogP contribution >= 0.6 is 0 Å². The Hall–Kier alpha value is -4.00. The molecule has 0 fully saturated rings. The Morgan fingerprint density at radius 1 is 0.971 bits per heavy atom. The molecule has 1 atom stereocenters. The second-order valence-electron chi connectivity index (χ2n) is 9.13. The Balaban J connectivity index is 1.31. The molecule has 3 aromatic carbocycles. The molecular formula is C27H24N2O5. The quantitative estimate of drug-likeness (QED) is 0.637. The molecular weight excluding hydrogens is 432 g/mol. The van der Waals surface area contributed by atoms with Gasteiger partial charge in [0.05, 0.1) is 0 Å². The van der Waals surface area contributed by atoms with Gasteiger partial charge in [0.25, 0.3) is 0 Å². The first kappa shape index (κ1) is 20.6. The van der Waals surface area contributed by atoms with E-state index in [-0.39, 0.29) is 31.8 Å². The van der Waals surface area contributed by atoms with Crippen LogP contribution in [-0.2, 0) is 15.0 Å². The summed E-state index contributed by atoms with van der Waals surface area (Å²) in [6.07, 6.45) is 0. The molecule has 0 aromatic heterocycles. The lowest BCUT2D eigenvalue weighted by Gasteiger charge is -2.23. The van der Waals surface area contributed by atoms with Crippen molar-refractivity contribution in [2.75, 3.05) is 30.2 Å². The van der Waals surface area contributed by atoms with E-state index in [1.54, 1.807) is 11.0 Å². The van der Waals surface area contributed by atoms with Crippen molar-refractivity contribution in [1.82, 2.24) is 0 Å². The van der Waals surface area contributed by atoms with Crippen molar-refractivity contribution >= 4 is 23.2 Å². The van der Waals surface area contributed by atoms with Crippen LogP contribution < -0.4 is 24.4 Å². The van der Waals surface area contributed by atoms with Crippen LogP contribution in [-0.4, -0.2) is 31.8 Å². The summed E-state index contributed by atoms with van der Waals surface area (Å²) in [6, 6.07) is 19.0. The van der Waals surface area contributed by atoms with Crippen LogP contribution in [0.15, 0.2) is 60.7 Å². The summed E-state index contributed by atoms with van der Waals surface area (Å²) in [7, 11) is 0. The number of rotatable bonds is 4. The van der Waals surface area contributed by atoms with E-state index in [2.05, 4.69) is 19.2 Å². The van der Waals surface area contributed by atoms with Crippen LogP contribution in [0, 0.1) is 0 Å². The minimum Gasteiger partial charge on any atom is -0.491 e. The van der Waals surface area contributed by atoms with Gasteiger partial charge in [0.15, 0.2) is 11.5 Å². The van der Waals surface area contributed by atoms with Gasteiger partial charge in [-0.2, -0.15) is 0 Å². The molecule has 3 aliphatic rings. The molecule has 0 radical (unpaired) electrons. The predicted octanol–water partition coefficient (Wildman–Crippen LogP) is 4.20. The van der Waals surface area contributed by atoms with Crippen molar-refractivity contribution in [2.24, 2.45) is 0 Å². The molecule has 3 heterocycles. The van der Waals surface area contributed by atoms with E-state index >= 15 is 0 Å². The maximum absolute atomic E-state index is 14.0. The molecule has 6 rings (SSSR count). The Labute approximate surface area is 197 Å². The topological polar surface area (TPSA) is 77.1 Å². The van der Waals surface area contributed by atoms with Crippen molar-refractivity contribution in [2.45, 2.75) is 25.2 Å². The van der Waals surface area contributed by atoms with Crippen molar-refractivity contribution in [1.29, 1.82) is 0 Å². The van der Waals surface area contributed by atoms with Gasteiger partial charge < -0.3 is 24.4 Å². The highest BCUT2D eigenvalue weighted by Gasteiger charge is 2.57. The maximum atomic E-state index is 14.0. The minimum atomic E-state index is -1.02. The Morgan fingerprint density at radius 3 is 2.47 bits per heavy atom. The van der Waals surface area contributed by atoms with Gasteiger partial charge >= 0.3 is 0 Å². The number of carbonyl (C=O) groups is 2. The number of ether oxygens (including phenoxy) is 3. The van der Waals surface area contributed by atoms with Crippen LogP contribution in [0.5, 0.6) is 17.2 Å². The van der Waals surface area contributed by atoms with Crippen LogP contribution in [0.2, 0.25) is 0 Å². The van der Waals surface area contributed by atoms with Crippen LogP contribution in [0.1, 0.15) is 36.5 Å². The molecule has 7 nitrogen and oxygen atoms in total. The number of anilines is 2. The highest BCUT2D eigenvalue weighted by Crippen LogP contribution is 2.54. The van der Waals surface area contributed by atoms with Crippen LogP contribution in [0.4, 0.5) is 11.4 Å². The maximum Gasteiger partial charge on any atom is 0.246 e. The summed E-state index contributed by atoms with van der Waals surface area (Å²) in [4.78, 5) is 28.5. The first-order valence-corrected chi connectivity index (χ1v) is 11.4. The average molecular weight is 456 g/mol. The lowest BCUT2D eigenvalue weighted by atomic mass is 9.77. The molecule has 0 saturated heterocycles. The summed E-state index contributed by atoms with van der Waals surface area (Å²) < 4.78 is 17.0. The summed E-state index contributed by atoms with van der Waals surface area (Å²) in [5.74, 6) is 1.77. The van der Waals surface area contributed by atoms with Gasteiger partial charge in [-0.05, 0) is 41.3 Å². The third-order valence-corrected chi connectivity index (χ3v) is 6.81. The average Bonchev–Trinajstić information content (AvgIpc) is 3.51. The van der Waals surface area contributed by atoms with Gasteiger partial charge in [-0.1, -0.05) is 44.2 Å². The number of fused-ring (bicyclic) bond motifs is 5. The van der Waals surface area contributed by atoms with Crippen LogP contribution in [0.3, 0.4) is 0 Å². The fourth-order valence-corrected chi connectivity index (χ4v) is 5.02. The molecule has 0 bridgehead atoms. The summed E-state index contributed by atoms with van der Waals surface area (Å²) in [6.45, 7) is 4.45. The van der Waals surface area contributed by atoms with Gasteiger partial charge in [-0.15, -0.1) is 0 Å². The molecule has 34 heavy (non-hydrogen) atoms. The zero-order chi connectivity index (χ0) is 23.4. The number of nitrogens with one attached hydrogen (secondary N) is 1. The van der Waals surface area contributed by atoms with E-state index in [4.69, 9.17) is 14.2 Å². The molecule has 3 aliphatic heterocycles. The van der Waals surface area contributed by atoms with Gasteiger partial charge in [-0.25, -0.2) is 0 Å². The smallest absolute Gasteiger partial charge is 0.246 e. The number of nitrogens with zero attached hydrogens (tertiary/aromatic N) is 1. The fraction of sp³-hybridized carbons (Fsp3) is 0.259. The van der Waals surface area contributed by atoms with Gasteiger partial charge in [-0.3, -0.25) is 9.59 Å². The minimum absolute atomic E-state index is 0.0938. The normalized spacial score (nSPS) is 19.4. The summed E-state index contributed by atoms with van der Waals surface area (Å²) in [5.41, 5.74) is 3.15. The van der Waals surface area contributed by atoms with Crippen molar-refractivity contribution in [3.8, 4) is 17.2 Å². The Bertz CT molecular complexity index is 1320. The molecule has 2 amide bonds. The molecule has 3 aromatic rings. The zero-order valence-electron chi connectivity index (χ0n) is 19.0. The van der Waals surface area contributed by atoms with Gasteiger partial charge in [0, 0.05) is 23.0 Å². The zero-order valence-corrected chi connectivity index (χ0v) is 19.0. The van der Waals surface area contributed by atoms with E-state index in [9.17, 15) is 9.59 Å². The van der Waals surface area contributed by atoms with E-state index in [1.807, 2.05) is 54.6 Å². The lowest BCUT2D eigenvalue weighted by molar-refractivity contribution is -0.124. The number of para-hydroxylation sites is 1. The molecule has 172 valence electrons. The van der Waals surface area contributed by atoms with Gasteiger partial charge in [0.2, 0.25) is 18.6 Å². The SMILES string of the molecule is CC(C)c1ccc(NC(=O)CN2C(=O)C3(COc4cc5c(cc43)OCO5)c3ccccc32)cc1. The largest absolute Gasteiger partial charge is 0.491 e. The monoisotopic (exact) mass is 456 g/mol. The number of hydrogen-bond donors (Lipinski definition) is 1. The predicted molar refractivity (Wildman–Crippen MR) is 127 cm³/mol. The first-order valence-electron chi connectivity index (χ1n) is 11.4. The molecule has 7 heteroatoms. The first-order chi connectivity index (χ1) is 16.5. The molecule has 1 N–H and O–H groups in total. The van der Waals surface area contributed by atoms with E-state index in [0.29, 0.717) is 34.5 Å². The second-order valence-corrected chi connectivity index (χ2v) is 9.13. The van der Waals surface area contributed by atoms with Crippen molar-refractivity contribution < 1.29 is 23.8 Å². The molecule has 0 saturated carbocycles. The van der Waals surface area contributed by atoms with E-state index in [1.165, 1.54) is 5.56 Å². The molecule has 0 aliphatic carbocycles. The molecule has 1 spiro atoms. The number of carbonyl (C=O) groups excluding carboxylic acids is 2. The van der Waals surface area contributed by atoms with Crippen molar-refractivity contribution in [3.63, 3.8) is 0 Å². The number of benzene rings is 3. The highest BCUT2D eigenvalue weighted by molar-refractivity contribution is 6.14. The van der Waals surface area contributed by atoms with Crippen molar-refractivity contribution in [3.05, 3.63) is 77.4 Å². The third-order valence-electron chi connectivity index (χ3n) is 6.81. The number of amides is 2. The highest BCUT2D eigenvalue weighted by atomic mass is 16.7. The summed E-state index contributed by atoms with van der Waals surface area (Å²) in [5, 5.41) is 2.92. The second kappa shape index (κ2) is 7.52. The Morgan fingerprint density at radius 2 is 1.71 bits per heavy atom. The number of hydrogen-bond acceptors (Lipinski definition) is 5. The fourth-order valence-electron chi connectivity index (χ4n) is 5.02. The third kappa shape index (κ3) is 2.96. The van der Waals surface area contributed by atoms with Crippen LogP contribution in [0.25, 0.3) is 0 Å². The lowest BCUT2D eigenvalue weighted by Crippen LogP contribution is -2.45. The molecule has 1 unspecified atom stereocenters.